The van der Waals surface area contributed by atoms with E-state index >= 15 is 0 Å². The maximum Gasteiger partial charge on any atom is 0.261 e. The Morgan fingerprint density at radius 3 is 2.56 bits per heavy atom. The van der Waals surface area contributed by atoms with Crippen LogP contribution in [0.25, 0.3) is 0 Å². The Balaban J connectivity index is 2.65. The molecule has 18 heavy (non-hydrogen) atoms. The van der Waals surface area contributed by atoms with Gasteiger partial charge in [0.15, 0.2) is 5.82 Å². The molecule has 1 heterocycles. The molecule has 0 aliphatic rings. The first-order valence-corrected chi connectivity index (χ1v) is 8.55. The molecule has 0 fully saturated rings. The summed E-state index contributed by atoms with van der Waals surface area (Å²) >= 11 is 0. The van der Waals surface area contributed by atoms with E-state index in [0.717, 1.165) is 18.5 Å². The van der Waals surface area contributed by atoms with Gasteiger partial charge in [0, 0.05) is 19.0 Å². The van der Waals surface area contributed by atoms with Crippen LogP contribution in [0.1, 0.15) is 6.42 Å². The van der Waals surface area contributed by atoms with Crippen LogP contribution in [-0.2, 0) is 19.9 Å². The highest BCUT2D eigenvalue weighted by Gasteiger charge is 2.19. The van der Waals surface area contributed by atoms with Crippen molar-refractivity contribution in [2.45, 2.75) is 11.4 Å². The maximum atomic E-state index is 13.2. The number of hydrogen-bond acceptors (Lipinski definition) is 5. The number of pyridine rings is 1. The fraction of sp³-hybridized carbons (Fsp3) is 0.444. The molecule has 1 aromatic rings. The molecule has 9 heteroatoms. The molecule has 0 saturated heterocycles. The summed E-state index contributed by atoms with van der Waals surface area (Å²) < 4.78 is 60.2. The summed E-state index contributed by atoms with van der Waals surface area (Å²) in [5, 5.41) is -0.690. The minimum Gasteiger partial charge on any atom is -0.241 e. The highest BCUT2D eigenvalue weighted by Crippen LogP contribution is 2.09. The lowest BCUT2D eigenvalue weighted by Crippen LogP contribution is -2.27. The van der Waals surface area contributed by atoms with Gasteiger partial charge in [0.05, 0.1) is 5.75 Å². The highest BCUT2D eigenvalue weighted by molar-refractivity contribution is 7.90. The monoisotopic (exact) mass is 296 g/mol. The van der Waals surface area contributed by atoms with Crippen molar-refractivity contribution < 1.29 is 21.2 Å². The van der Waals surface area contributed by atoms with Gasteiger partial charge in [-0.1, -0.05) is 0 Å². The Morgan fingerprint density at radius 1 is 1.33 bits per heavy atom. The van der Waals surface area contributed by atoms with Crippen LogP contribution in [0, 0.1) is 5.82 Å². The third-order valence-electron chi connectivity index (χ3n) is 1.96. The van der Waals surface area contributed by atoms with Gasteiger partial charge in [0.2, 0.25) is 5.03 Å². The molecular weight excluding hydrogens is 283 g/mol. The molecule has 0 atom stereocenters. The second-order valence-electron chi connectivity index (χ2n) is 3.67. The minimum absolute atomic E-state index is 0.0918. The van der Waals surface area contributed by atoms with Gasteiger partial charge in [0.1, 0.15) is 9.84 Å². The van der Waals surface area contributed by atoms with Crippen LogP contribution in [-0.4, -0.2) is 40.4 Å². The number of sulfonamides is 1. The van der Waals surface area contributed by atoms with Crippen LogP contribution in [0.4, 0.5) is 4.39 Å². The lowest BCUT2D eigenvalue weighted by atomic mass is 10.5. The van der Waals surface area contributed by atoms with Crippen molar-refractivity contribution in [3.05, 3.63) is 24.1 Å². The SMILES string of the molecule is CS(=O)(=O)CCCNS(=O)(=O)c1ncccc1F. The van der Waals surface area contributed by atoms with E-state index in [1.54, 1.807) is 0 Å². The second kappa shape index (κ2) is 5.72. The van der Waals surface area contributed by atoms with Gasteiger partial charge in [0.25, 0.3) is 10.0 Å². The highest BCUT2D eigenvalue weighted by atomic mass is 32.2. The Labute approximate surface area is 105 Å². The summed E-state index contributed by atoms with van der Waals surface area (Å²) in [5.41, 5.74) is 0. The predicted molar refractivity (Wildman–Crippen MR) is 63.7 cm³/mol. The number of rotatable bonds is 6. The fourth-order valence-corrected chi connectivity index (χ4v) is 2.92. The number of sulfone groups is 1. The molecule has 0 spiro atoms. The topological polar surface area (TPSA) is 93.2 Å². The molecule has 0 saturated carbocycles. The lowest BCUT2D eigenvalue weighted by Gasteiger charge is -2.06. The Kier molecular flexibility index (Phi) is 4.77. The molecular formula is C9H13FN2O4S2. The van der Waals surface area contributed by atoms with E-state index in [0.29, 0.717) is 0 Å². The largest absolute Gasteiger partial charge is 0.261 e. The van der Waals surface area contributed by atoms with Gasteiger partial charge in [-0.2, -0.15) is 0 Å². The number of aromatic nitrogens is 1. The smallest absolute Gasteiger partial charge is 0.241 e. The number of hydrogen-bond donors (Lipinski definition) is 1. The van der Waals surface area contributed by atoms with Crippen molar-refractivity contribution in [1.29, 1.82) is 0 Å². The molecule has 0 aromatic carbocycles. The van der Waals surface area contributed by atoms with Gasteiger partial charge in [-0.05, 0) is 18.6 Å². The Morgan fingerprint density at radius 2 is 2.00 bits per heavy atom. The van der Waals surface area contributed by atoms with Crippen molar-refractivity contribution in [3.8, 4) is 0 Å². The van der Waals surface area contributed by atoms with Crippen molar-refractivity contribution >= 4 is 19.9 Å². The molecule has 0 aliphatic carbocycles. The maximum absolute atomic E-state index is 13.2. The van der Waals surface area contributed by atoms with Gasteiger partial charge in [-0.15, -0.1) is 0 Å². The average molecular weight is 296 g/mol. The second-order valence-corrected chi connectivity index (χ2v) is 7.61. The summed E-state index contributed by atoms with van der Waals surface area (Å²) in [6, 6.07) is 2.26. The van der Waals surface area contributed by atoms with E-state index in [1.807, 2.05) is 0 Å². The van der Waals surface area contributed by atoms with Crippen LogP contribution in [0.2, 0.25) is 0 Å². The van der Waals surface area contributed by atoms with Crippen molar-refractivity contribution in [3.63, 3.8) is 0 Å². The molecule has 1 aromatic heterocycles. The number of nitrogens with one attached hydrogen (secondary N) is 1. The van der Waals surface area contributed by atoms with Crippen LogP contribution >= 0.6 is 0 Å². The van der Waals surface area contributed by atoms with E-state index in [4.69, 9.17) is 0 Å². The zero-order valence-electron chi connectivity index (χ0n) is 9.63. The minimum atomic E-state index is -4.04. The molecule has 0 radical (unpaired) electrons. The summed E-state index contributed by atoms with van der Waals surface area (Å²) in [6.07, 6.45) is 2.33. The van der Waals surface area contributed by atoms with Gasteiger partial charge >= 0.3 is 0 Å². The number of nitrogens with zero attached hydrogens (tertiary/aromatic N) is 1. The van der Waals surface area contributed by atoms with E-state index in [-0.39, 0.29) is 18.7 Å². The lowest BCUT2D eigenvalue weighted by molar-refractivity contribution is 0.543. The molecule has 102 valence electrons. The van der Waals surface area contributed by atoms with Crippen molar-refractivity contribution in [2.24, 2.45) is 0 Å². The quantitative estimate of drug-likeness (QED) is 0.742. The van der Waals surface area contributed by atoms with E-state index in [9.17, 15) is 21.2 Å². The molecule has 1 rings (SSSR count). The summed E-state index contributed by atoms with van der Waals surface area (Å²) in [6.45, 7) is -0.0918. The standard InChI is InChI=1S/C9H13FN2O4S2/c1-17(13,14)7-3-6-12-18(15,16)9-8(10)4-2-5-11-9/h2,4-5,12H,3,6-7H2,1H3. The third kappa shape index (κ3) is 4.67. The van der Waals surface area contributed by atoms with Gasteiger partial charge in [-0.3, -0.25) is 0 Å². The summed E-state index contributed by atoms with van der Waals surface area (Å²) in [7, 11) is -7.18. The van der Waals surface area contributed by atoms with Crippen LogP contribution in [0.3, 0.4) is 0 Å². The van der Waals surface area contributed by atoms with Gasteiger partial charge < -0.3 is 0 Å². The first kappa shape index (κ1) is 15.0. The predicted octanol–water partition coefficient (Wildman–Crippen LogP) is -0.0663. The molecule has 6 nitrogen and oxygen atoms in total. The molecule has 0 bridgehead atoms. The first-order valence-electron chi connectivity index (χ1n) is 5.00. The normalized spacial score (nSPS) is 12.6. The zero-order valence-corrected chi connectivity index (χ0v) is 11.3. The van der Waals surface area contributed by atoms with Gasteiger partial charge in [-0.25, -0.2) is 30.9 Å². The van der Waals surface area contributed by atoms with Crippen LogP contribution in [0.5, 0.6) is 0 Å². The molecule has 0 unspecified atom stereocenters. The van der Waals surface area contributed by atoms with E-state index in [2.05, 4.69) is 9.71 Å². The van der Waals surface area contributed by atoms with E-state index < -0.39 is 30.7 Å². The van der Waals surface area contributed by atoms with Crippen LogP contribution < -0.4 is 4.72 Å². The molecule has 0 amide bonds. The number of halogens is 1. The fourth-order valence-electron chi connectivity index (χ4n) is 1.18. The van der Waals surface area contributed by atoms with Crippen molar-refractivity contribution in [2.75, 3.05) is 18.6 Å². The summed E-state index contributed by atoms with van der Waals surface area (Å²) in [5.74, 6) is -1.09. The Hall–Kier alpha value is -1.06. The third-order valence-corrected chi connectivity index (χ3v) is 4.39. The van der Waals surface area contributed by atoms with Crippen molar-refractivity contribution in [1.82, 2.24) is 9.71 Å². The first-order chi connectivity index (χ1) is 8.22. The average Bonchev–Trinajstić information content (AvgIpc) is 2.24. The zero-order chi connectivity index (χ0) is 13.8. The summed E-state index contributed by atoms with van der Waals surface area (Å²) in [4.78, 5) is 3.43. The van der Waals surface area contributed by atoms with E-state index in [1.165, 1.54) is 6.07 Å². The molecule has 0 aliphatic heterocycles. The molecule has 1 N–H and O–H groups in total. The Bertz CT molecular complexity index is 613. The van der Waals surface area contributed by atoms with Crippen LogP contribution in [0.15, 0.2) is 23.4 Å².